The van der Waals surface area contributed by atoms with Crippen molar-refractivity contribution in [2.75, 3.05) is 18.0 Å². The number of rotatable bonds is 7. The summed E-state index contributed by atoms with van der Waals surface area (Å²) in [6.07, 6.45) is 3.36. The molecule has 5 aromatic rings. The molecule has 1 aliphatic rings. The van der Waals surface area contributed by atoms with Crippen LogP contribution in [0.25, 0.3) is 21.8 Å². The predicted molar refractivity (Wildman–Crippen MR) is 157 cm³/mol. The lowest BCUT2D eigenvalue weighted by atomic mass is 9.84. The van der Waals surface area contributed by atoms with Crippen molar-refractivity contribution >= 4 is 22.9 Å². The van der Waals surface area contributed by atoms with E-state index in [2.05, 4.69) is 9.88 Å². The molecule has 0 aliphatic carbocycles. The molecule has 0 radical (unpaired) electrons. The number of aliphatic hydroxyl groups is 1. The number of piperidine rings is 1. The van der Waals surface area contributed by atoms with Crippen molar-refractivity contribution in [3.8, 4) is 21.8 Å². The Balaban J connectivity index is 1.17. The number of carbonyl (C=O) groups is 1. The Morgan fingerprint density at radius 1 is 0.821 bits per heavy atom. The average molecular weight is 532 g/mol. The fourth-order valence-electron chi connectivity index (χ4n) is 5.12. The molecule has 1 N–H and O–H groups in total. The van der Waals surface area contributed by atoms with Crippen LogP contribution in [0.4, 0.5) is 5.82 Å². The van der Waals surface area contributed by atoms with Gasteiger partial charge in [-0.2, -0.15) is 0 Å². The molecule has 0 atom stereocenters. The zero-order valence-corrected chi connectivity index (χ0v) is 22.3. The van der Waals surface area contributed by atoms with Crippen molar-refractivity contribution in [1.82, 2.24) is 9.97 Å². The molecule has 0 bridgehead atoms. The number of Topliss-reactive ketones (excluding diaryl/α,β-unsaturated/α-hetero) is 1. The first kappa shape index (κ1) is 25.2. The summed E-state index contributed by atoms with van der Waals surface area (Å²) in [6.45, 7) is 1.44. The van der Waals surface area contributed by atoms with Crippen molar-refractivity contribution in [3.05, 3.63) is 125 Å². The molecule has 2 aromatic heterocycles. The first-order valence-corrected chi connectivity index (χ1v) is 14.0. The smallest absolute Gasteiger partial charge is 0.179 e. The van der Waals surface area contributed by atoms with Crippen LogP contribution in [0.1, 0.15) is 33.6 Å². The summed E-state index contributed by atoms with van der Waals surface area (Å²) in [4.78, 5) is 26.0. The molecular formula is C33H29N3O2S. The summed E-state index contributed by atoms with van der Waals surface area (Å²) in [5, 5.41) is 12.0. The highest BCUT2D eigenvalue weighted by molar-refractivity contribution is 7.17. The van der Waals surface area contributed by atoms with Crippen molar-refractivity contribution in [1.29, 1.82) is 0 Å². The average Bonchev–Trinajstić information content (AvgIpc) is 3.46. The third-order valence-corrected chi connectivity index (χ3v) is 8.49. The van der Waals surface area contributed by atoms with Crippen LogP contribution in [0, 0.1) is 0 Å². The van der Waals surface area contributed by atoms with Gasteiger partial charge in [0.2, 0.25) is 0 Å². The second-order valence-electron chi connectivity index (χ2n) is 9.94. The standard InChI is InChI=1S/C33H29N3O2S/c37-28(31-30(25-10-4-1-5-11-25)35-32(39-31)26-12-6-2-7-13-26)22-24-16-17-29(34-23-24)36-20-18-33(38,19-21-36)27-14-8-3-9-15-27/h1-17,23,38H,18-22H2. The minimum Gasteiger partial charge on any atom is -0.385 e. The van der Waals surface area contributed by atoms with Gasteiger partial charge < -0.3 is 10.0 Å². The van der Waals surface area contributed by atoms with E-state index < -0.39 is 5.60 Å². The van der Waals surface area contributed by atoms with E-state index in [1.165, 1.54) is 11.3 Å². The molecule has 1 aliphatic heterocycles. The second kappa shape index (κ2) is 10.9. The molecule has 39 heavy (non-hydrogen) atoms. The van der Waals surface area contributed by atoms with Crippen LogP contribution in [-0.4, -0.2) is 33.9 Å². The lowest BCUT2D eigenvalue weighted by Crippen LogP contribution is -2.42. The van der Waals surface area contributed by atoms with E-state index in [9.17, 15) is 9.90 Å². The number of anilines is 1. The molecule has 0 spiro atoms. The highest BCUT2D eigenvalue weighted by Crippen LogP contribution is 2.36. The number of benzene rings is 3. The minimum atomic E-state index is -0.798. The van der Waals surface area contributed by atoms with Gasteiger partial charge in [-0.05, 0) is 30.0 Å². The van der Waals surface area contributed by atoms with Gasteiger partial charge in [-0.25, -0.2) is 9.97 Å². The van der Waals surface area contributed by atoms with Gasteiger partial charge in [-0.3, -0.25) is 4.79 Å². The highest BCUT2D eigenvalue weighted by atomic mass is 32.1. The highest BCUT2D eigenvalue weighted by Gasteiger charge is 2.34. The summed E-state index contributed by atoms with van der Waals surface area (Å²) in [5.41, 5.74) is 3.72. The number of carbonyl (C=O) groups excluding carboxylic acids is 1. The van der Waals surface area contributed by atoms with Crippen LogP contribution in [-0.2, 0) is 12.0 Å². The van der Waals surface area contributed by atoms with Gasteiger partial charge in [0.1, 0.15) is 10.8 Å². The Hall–Kier alpha value is -4.13. The van der Waals surface area contributed by atoms with Crippen molar-refractivity contribution in [2.24, 2.45) is 0 Å². The predicted octanol–water partition coefficient (Wildman–Crippen LogP) is 6.79. The van der Waals surface area contributed by atoms with Crippen LogP contribution in [0.3, 0.4) is 0 Å². The first-order chi connectivity index (χ1) is 19.1. The zero-order valence-electron chi connectivity index (χ0n) is 21.5. The van der Waals surface area contributed by atoms with E-state index in [1.807, 2.05) is 103 Å². The third kappa shape index (κ3) is 5.39. The van der Waals surface area contributed by atoms with Crippen molar-refractivity contribution < 1.29 is 9.90 Å². The molecular weight excluding hydrogens is 502 g/mol. The van der Waals surface area contributed by atoms with Crippen LogP contribution in [0.2, 0.25) is 0 Å². The largest absolute Gasteiger partial charge is 0.385 e. The number of pyridine rings is 1. The van der Waals surface area contributed by atoms with Gasteiger partial charge in [0.05, 0.1) is 16.2 Å². The van der Waals surface area contributed by atoms with Crippen molar-refractivity contribution in [2.45, 2.75) is 24.9 Å². The van der Waals surface area contributed by atoms with Gasteiger partial charge in [-0.1, -0.05) is 97.1 Å². The van der Waals surface area contributed by atoms with Crippen LogP contribution < -0.4 is 4.90 Å². The Labute approximate surface area is 232 Å². The van der Waals surface area contributed by atoms with E-state index >= 15 is 0 Å². The maximum Gasteiger partial charge on any atom is 0.179 e. The van der Waals surface area contributed by atoms with Gasteiger partial charge in [0, 0.05) is 36.8 Å². The van der Waals surface area contributed by atoms with E-state index in [-0.39, 0.29) is 12.2 Å². The molecule has 194 valence electrons. The molecule has 6 rings (SSSR count). The molecule has 5 nitrogen and oxygen atoms in total. The zero-order chi connectivity index (χ0) is 26.7. The number of nitrogens with zero attached hydrogens (tertiary/aromatic N) is 3. The van der Waals surface area contributed by atoms with Crippen molar-refractivity contribution in [3.63, 3.8) is 0 Å². The molecule has 3 aromatic carbocycles. The lowest BCUT2D eigenvalue weighted by molar-refractivity contribution is 0.0116. The third-order valence-electron chi connectivity index (χ3n) is 7.35. The number of ketones is 1. The van der Waals surface area contributed by atoms with Crippen LogP contribution in [0.15, 0.2) is 109 Å². The monoisotopic (exact) mass is 531 g/mol. The topological polar surface area (TPSA) is 66.3 Å². The minimum absolute atomic E-state index is 0.0361. The second-order valence-corrected chi connectivity index (χ2v) is 10.9. The van der Waals surface area contributed by atoms with E-state index in [4.69, 9.17) is 4.98 Å². The Bertz CT molecular complexity index is 1540. The van der Waals surface area contributed by atoms with Gasteiger partial charge in [0.25, 0.3) is 0 Å². The molecule has 6 heteroatoms. The molecule has 3 heterocycles. The SMILES string of the molecule is O=C(Cc1ccc(N2CCC(O)(c3ccccc3)CC2)nc1)c1sc(-c2ccccc2)nc1-c1ccccc1. The lowest BCUT2D eigenvalue weighted by Gasteiger charge is -2.39. The maximum absolute atomic E-state index is 13.6. The molecule has 1 saturated heterocycles. The molecule has 0 saturated carbocycles. The molecule has 0 amide bonds. The maximum atomic E-state index is 13.6. The van der Waals surface area contributed by atoms with Crippen LogP contribution >= 0.6 is 11.3 Å². The number of hydrogen-bond acceptors (Lipinski definition) is 6. The molecule has 0 unspecified atom stereocenters. The van der Waals surface area contributed by atoms with Crippen LogP contribution in [0.5, 0.6) is 0 Å². The normalized spacial score (nSPS) is 14.7. The first-order valence-electron chi connectivity index (χ1n) is 13.2. The Kier molecular flexibility index (Phi) is 7.05. The summed E-state index contributed by atoms with van der Waals surface area (Å²) >= 11 is 1.45. The number of aromatic nitrogens is 2. The molecule has 1 fully saturated rings. The summed E-state index contributed by atoms with van der Waals surface area (Å²) in [5.74, 6) is 0.907. The fraction of sp³-hybridized carbons (Fsp3) is 0.182. The summed E-state index contributed by atoms with van der Waals surface area (Å²) < 4.78 is 0. The fourth-order valence-corrected chi connectivity index (χ4v) is 6.15. The van der Waals surface area contributed by atoms with E-state index in [1.54, 1.807) is 6.20 Å². The van der Waals surface area contributed by atoms with Gasteiger partial charge >= 0.3 is 0 Å². The van der Waals surface area contributed by atoms with E-state index in [0.717, 1.165) is 51.9 Å². The van der Waals surface area contributed by atoms with Gasteiger partial charge in [-0.15, -0.1) is 11.3 Å². The quantitative estimate of drug-likeness (QED) is 0.234. The number of hydrogen-bond donors (Lipinski definition) is 1. The Morgan fingerprint density at radius 2 is 1.44 bits per heavy atom. The summed E-state index contributed by atoms with van der Waals surface area (Å²) in [7, 11) is 0. The Morgan fingerprint density at radius 3 is 2.05 bits per heavy atom. The van der Waals surface area contributed by atoms with E-state index in [0.29, 0.717) is 17.7 Å². The summed E-state index contributed by atoms with van der Waals surface area (Å²) in [6, 6.07) is 33.7. The van der Waals surface area contributed by atoms with Gasteiger partial charge in [0.15, 0.2) is 5.78 Å². The number of thiazole rings is 1.